The van der Waals surface area contributed by atoms with E-state index in [4.69, 9.17) is 21.4 Å². The molecule has 0 saturated carbocycles. The molecule has 3 heteroatoms. The molecule has 2 nitrogen and oxygen atoms in total. The second-order valence-electron chi connectivity index (χ2n) is 2.57. The highest BCUT2D eigenvalue weighted by molar-refractivity contribution is 6.30. The summed E-state index contributed by atoms with van der Waals surface area (Å²) < 4.78 is 5.10. The molecule has 0 saturated heterocycles. The average Bonchev–Trinajstić information content (AvgIpc) is 2.03. The molecule has 0 aromatic heterocycles. The molecule has 66 valence electrons. The maximum absolute atomic E-state index is 8.96. The molecule has 0 fully saturated rings. The first-order chi connectivity index (χ1) is 5.69. The largest absolute Gasteiger partial charge is 0.496 e. The van der Waals surface area contributed by atoms with Crippen molar-refractivity contribution in [3.8, 4) is 5.75 Å². The van der Waals surface area contributed by atoms with E-state index in [0.717, 1.165) is 11.1 Å². The molecule has 1 aromatic rings. The molecule has 1 aromatic carbocycles. The van der Waals surface area contributed by atoms with Gasteiger partial charge in [0.25, 0.3) is 0 Å². The van der Waals surface area contributed by atoms with E-state index in [1.165, 1.54) is 0 Å². The lowest BCUT2D eigenvalue weighted by Gasteiger charge is -2.09. The Morgan fingerprint density at radius 2 is 2.17 bits per heavy atom. The Bertz CT molecular complexity index is 284. The first kappa shape index (κ1) is 9.36. The summed E-state index contributed by atoms with van der Waals surface area (Å²) in [6.07, 6.45) is 0. The fourth-order valence-electron chi connectivity index (χ4n) is 1.21. The van der Waals surface area contributed by atoms with Crippen molar-refractivity contribution in [3.63, 3.8) is 0 Å². The third-order valence-corrected chi connectivity index (χ3v) is 1.91. The Kier molecular flexibility index (Phi) is 2.95. The number of rotatable bonds is 2. The SMILES string of the molecule is COc1c(C)cc(Cl)cc1CO. The number of hydrogen-bond acceptors (Lipinski definition) is 2. The average molecular weight is 187 g/mol. The molecule has 0 unspecified atom stereocenters. The van der Waals surface area contributed by atoms with Crippen LogP contribution in [0.3, 0.4) is 0 Å². The Balaban J connectivity index is 3.24. The van der Waals surface area contributed by atoms with Crippen LogP contribution in [0.25, 0.3) is 0 Å². The molecular weight excluding hydrogens is 176 g/mol. The number of methoxy groups -OCH3 is 1. The standard InChI is InChI=1S/C9H11ClO2/c1-6-3-8(10)4-7(5-11)9(6)12-2/h3-4,11H,5H2,1-2H3. The van der Waals surface area contributed by atoms with E-state index < -0.39 is 0 Å². The molecule has 0 radical (unpaired) electrons. The van der Waals surface area contributed by atoms with Crippen molar-refractivity contribution >= 4 is 11.6 Å². The van der Waals surface area contributed by atoms with Crippen LogP contribution >= 0.6 is 11.6 Å². The van der Waals surface area contributed by atoms with Gasteiger partial charge < -0.3 is 9.84 Å². The van der Waals surface area contributed by atoms with Crippen molar-refractivity contribution in [2.45, 2.75) is 13.5 Å². The Morgan fingerprint density at radius 3 is 2.67 bits per heavy atom. The quantitative estimate of drug-likeness (QED) is 0.767. The smallest absolute Gasteiger partial charge is 0.127 e. The van der Waals surface area contributed by atoms with Crippen LogP contribution in [0.2, 0.25) is 5.02 Å². The van der Waals surface area contributed by atoms with E-state index in [1.54, 1.807) is 19.2 Å². The first-order valence-corrected chi connectivity index (χ1v) is 4.00. The van der Waals surface area contributed by atoms with Gasteiger partial charge in [-0.15, -0.1) is 0 Å². The Morgan fingerprint density at radius 1 is 1.50 bits per heavy atom. The minimum absolute atomic E-state index is 0.0510. The maximum Gasteiger partial charge on any atom is 0.127 e. The number of ether oxygens (including phenoxy) is 1. The predicted molar refractivity (Wildman–Crippen MR) is 48.7 cm³/mol. The van der Waals surface area contributed by atoms with Gasteiger partial charge in [-0.2, -0.15) is 0 Å². The molecule has 0 atom stereocenters. The van der Waals surface area contributed by atoms with Crippen LogP contribution in [0, 0.1) is 6.92 Å². The van der Waals surface area contributed by atoms with Gasteiger partial charge in [-0.05, 0) is 24.6 Å². The van der Waals surface area contributed by atoms with Gasteiger partial charge in [0.2, 0.25) is 0 Å². The van der Waals surface area contributed by atoms with Crippen LogP contribution in [0.5, 0.6) is 5.75 Å². The molecule has 0 spiro atoms. The highest BCUT2D eigenvalue weighted by Gasteiger charge is 2.06. The summed E-state index contributed by atoms with van der Waals surface area (Å²) in [6.45, 7) is 1.84. The molecule has 0 heterocycles. The zero-order chi connectivity index (χ0) is 9.14. The second-order valence-corrected chi connectivity index (χ2v) is 3.01. The third-order valence-electron chi connectivity index (χ3n) is 1.69. The third kappa shape index (κ3) is 1.71. The van der Waals surface area contributed by atoms with E-state index in [2.05, 4.69) is 0 Å². The summed E-state index contributed by atoms with van der Waals surface area (Å²) in [5.41, 5.74) is 1.66. The summed E-state index contributed by atoms with van der Waals surface area (Å²) in [4.78, 5) is 0. The van der Waals surface area contributed by atoms with E-state index >= 15 is 0 Å². The van der Waals surface area contributed by atoms with Crippen molar-refractivity contribution in [3.05, 3.63) is 28.3 Å². The van der Waals surface area contributed by atoms with E-state index in [0.29, 0.717) is 10.8 Å². The molecule has 0 aliphatic carbocycles. The summed E-state index contributed by atoms with van der Waals surface area (Å²) in [6, 6.07) is 3.51. The summed E-state index contributed by atoms with van der Waals surface area (Å²) >= 11 is 5.79. The van der Waals surface area contributed by atoms with Crippen LogP contribution < -0.4 is 4.74 Å². The normalized spacial score (nSPS) is 10.0. The zero-order valence-corrected chi connectivity index (χ0v) is 7.85. The van der Waals surface area contributed by atoms with E-state index in [9.17, 15) is 0 Å². The van der Waals surface area contributed by atoms with Crippen molar-refractivity contribution < 1.29 is 9.84 Å². The van der Waals surface area contributed by atoms with Gasteiger partial charge in [0.05, 0.1) is 13.7 Å². The molecule has 0 amide bonds. The minimum atomic E-state index is -0.0510. The maximum atomic E-state index is 8.96. The second kappa shape index (κ2) is 3.78. The number of aliphatic hydroxyl groups is 1. The minimum Gasteiger partial charge on any atom is -0.496 e. The molecule has 0 aliphatic rings. The van der Waals surface area contributed by atoms with Crippen molar-refractivity contribution in [2.75, 3.05) is 7.11 Å². The predicted octanol–water partition coefficient (Wildman–Crippen LogP) is 2.15. The topological polar surface area (TPSA) is 29.5 Å². The summed E-state index contributed by atoms with van der Waals surface area (Å²) in [5, 5.41) is 9.58. The van der Waals surface area contributed by atoms with Gasteiger partial charge in [0, 0.05) is 10.6 Å². The van der Waals surface area contributed by atoms with Crippen LogP contribution in [-0.4, -0.2) is 12.2 Å². The van der Waals surface area contributed by atoms with Gasteiger partial charge in [-0.1, -0.05) is 11.6 Å². The van der Waals surface area contributed by atoms with Crippen LogP contribution in [0.15, 0.2) is 12.1 Å². The molecule has 1 N–H and O–H groups in total. The molecule has 0 aliphatic heterocycles. The fraction of sp³-hybridized carbons (Fsp3) is 0.333. The van der Waals surface area contributed by atoms with Crippen LogP contribution in [0.4, 0.5) is 0 Å². The molecular formula is C9H11ClO2. The van der Waals surface area contributed by atoms with Crippen molar-refractivity contribution in [1.29, 1.82) is 0 Å². The Labute approximate surface area is 76.7 Å². The highest BCUT2D eigenvalue weighted by Crippen LogP contribution is 2.27. The lowest BCUT2D eigenvalue weighted by Crippen LogP contribution is -1.94. The van der Waals surface area contributed by atoms with Gasteiger partial charge in [-0.3, -0.25) is 0 Å². The van der Waals surface area contributed by atoms with E-state index in [1.807, 2.05) is 6.92 Å². The van der Waals surface area contributed by atoms with E-state index in [-0.39, 0.29) is 6.61 Å². The van der Waals surface area contributed by atoms with Gasteiger partial charge in [0.1, 0.15) is 5.75 Å². The zero-order valence-electron chi connectivity index (χ0n) is 7.10. The molecule has 12 heavy (non-hydrogen) atoms. The highest BCUT2D eigenvalue weighted by atomic mass is 35.5. The van der Waals surface area contributed by atoms with Gasteiger partial charge in [0.15, 0.2) is 0 Å². The van der Waals surface area contributed by atoms with Gasteiger partial charge >= 0.3 is 0 Å². The van der Waals surface area contributed by atoms with Crippen LogP contribution in [-0.2, 0) is 6.61 Å². The number of halogens is 1. The lowest BCUT2D eigenvalue weighted by atomic mass is 10.1. The van der Waals surface area contributed by atoms with Crippen molar-refractivity contribution in [1.82, 2.24) is 0 Å². The number of hydrogen-bond donors (Lipinski definition) is 1. The molecule has 0 bridgehead atoms. The Hall–Kier alpha value is -0.730. The summed E-state index contributed by atoms with van der Waals surface area (Å²) in [7, 11) is 1.58. The number of aryl methyl sites for hydroxylation is 1. The van der Waals surface area contributed by atoms with Crippen LogP contribution in [0.1, 0.15) is 11.1 Å². The summed E-state index contributed by atoms with van der Waals surface area (Å²) in [5.74, 6) is 0.710. The van der Waals surface area contributed by atoms with Crippen molar-refractivity contribution in [2.24, 2.45) is 0 Å². The first-order valence-electron chi connectivity index (χ1n) is 3.63. The fourth-order valence-corrected chi connectivity index (χ4v) is 1.50. The lowest BCUT2D eigenvalue weighted by molar-refractivity contribution is 0.273. The number of aliphatic hydroxyl groups excluding tert-OH is 1. The monoisotopic (exact) mass is 186 g/mol. The number of benzene rings is 1. The van der Waals surface area contributed by atoms with Gasteiger partial charge in [-0.25, -0.2) is 0 Å². The molecule has 1 rings (SSSR count).